The van der Waals surface area contributed by atoms with Crippen LogP contribution in [0.1, 0.15) is 13.3 Å². The smallest absolute Gasteiger partial charge is 0.377 e. The minimum atomic E-state index is -3.69. The molecule has 0 aromatic heterocycles. The Morgan fingerprint density at radius 3 is 2.68 bits per heavy atom. The zero-order valence-electron chi connectivity index (χ0n) is 14.4. The van der Waals surface area contributed by atoms with E-state index >= 15 is 0 Å². The van der Waals surface area contributed by atoms with E-state index in [-0.39, 0.29) is 17.4 Å². The lowest BCUT2D eigenvalue weighted by Crippen LogP contribution is -2.46. The van der Waals surface area contributed by atoms with Gasteiger partial charge in [0.2, 0.25) is 0 Å². The molecule has 28 heavy (non-hydrogen) atoms. The minimum absolute atomic E-state index is 0.0232. The Balaban J connectivity index is 1.57. The summed E-state index contributed by atoms with van der Waals surface area (Å²) in [7, 11) is 0. The summed E-state index contributed by atoms with van der Waals surface area (Å²) >= 11 is 1.86. The Bertz CT molecular complexity index is 868. The largest absolute Gasteiger partial charge is 0.507 e. The lowest BCUT2D eigenvalue weighted by atomic mass is 9.78. The maximum absolute atomic E-state index is 13.2. The molecular weight excluding hydrogens is 493 g/mol. The molecule has 10 heteroatoms. The number of phenolic OH excluding ortho intramolecular Hbond substituents is 1. The summed E-state index contributed by atoms with van der Waals surface area (Å²) in [5.41, 5.74) is 0. The summed E-state index contributed by atoms with van der Waals surface area (Å²) in [6.45, 7) is 0.421. The number of carbonyl (C=O) groups excluding carboxylic acids is 3. The molecule has 150 valence electrons. The standard InChI is InChI=1S/C18H15F2IO7/c1-18(19,20)17(25)28-14-8-5-7-12(16(24)27-13(7)14)11(8)15(23)26-6-2-3-10(22)9(21)4-6/h2-4,7-8,11-14,22H,5H2,1H3. The molecule has 2 aliphatic carbocycles. The number of benzene rings is 1. The van der Waals surface area contributed by atoms with Crippen molar-refractivity contribution >= 4 is 40.5 Å². The molecule has 1 aromatic rings. The average Bonchev–Trinajstić information content (AvgIpc) is 3.20. The third kappa shape index (κ3) is 3.01. The van der Waals surface area contributed by atoms with E-state index in [1.54, 1.807) is 0 Å². The summed E-state index contributed by atoms with van der Waals surface area (Å²) in [6.07, 6.45) is -1.57. The van der Waals surface area contributed by atoms with E-state index in [0.29, 0.717) is 16.9 Å². The molecule has 1 aromatic carbocycles. The van der Waals surface area contributed by atoms with Crippen molar-refractivity contribution in [1.82, 2.24) is 0 Å². The Hall–Kier alpha value is -1.98. The van der Waals surface area contributed by atoms with E-state index in [1.165, 1.54) is 18.2 Å². The molecular formula is C18H15F2IO7. The number of phenols is 1. The number of rotatable bonds is 4. The third-order valence-corrected chi connectivity index (χ3v) is 6.42. The van der Waals surface area contributed by atoms with Crippen molar-refractivity contribution in [2.45, 2.75) is 31.5 Å². The molecule has 0 amide bonds. The van der Waals surface area contributed by atoms with Crippen LogP contribution in [-0.4, -0.2) is 41.1 Å². The van der Waals surface area contributed by atoms with Crippen LogP contribution in [0.5, 0.6) is 11.5 Å². The van der Waals surface area contributed by atoms with Gasteiger partial charge < -0.3 is 19.3 Å². The normalized spacial score (nSPS) is 32.9. The van der Waals surface area contributed by atoms with Crippen molar-refractivity contribution in [2.24, 2.45) is 23.7 Å². The van der Waals surface area contributed by atoms with E-state index in [2.05, 4.69) is 0 Å². The van der Waals surface area contributed by atoms with E-state index in [0.717, 1.165) is 0 Å². The molecule has 0 radical (unpaired) electrons. The Morgan fingerprint density at radius 2 is 2.04 bits per heavy atom. The number of halogens is 3. The predicted molar refractivity (Wildman–Crippen MR) is 95.4 cm³/mol. The van der Waals surface area contributed by atoms with Crippen LogP contribution >= 0.6 is 22.6 Å². The minimum Gasteiger partial charge on any atom is -0.507 e. The Kier molecular flexibility index (Phi) is 4.51. The topological polar surface area (TPSA) is 99.1 Å². The highest BCUT2D eigenvalue weighted by atomic mass is 127. The zero-order chi connectivity index (χ0) is 20.4. The van der Waals surface area contributed by atoms with Gasteiger partial charge in [-0.3, -0.25) is 9.59 Å². The van der Waals surface area contributed by atoms with Crippen molar-refractivity contribution in [1.29, 1.82) is 0 Å². The van der Waals surface area contributed by atoms with E-state index in [9.17, 15) is 28.3 Å². The lowest BCUT2D eigenvalue weighted by Gasteiger charge is -2.30. The maximum Gasteiger partial charge on any atom is 0.377 e. The monoisotopic (exact) mass is 508 g/mol. The van der Waals surface area contributed by atoms with Gasteiger partial charge >= 0.3 is 23.8 Å². The summed E-state index contributed by atoms with van der Waals surface area (Å²) in [5, 5.41) is 9.56. The summed E-state index contributed by atoms with van der Waals surface area (Å²) in [4.78, 5) is 36.7. The summed E-state index contributed by atoms with van der Waals surface area (Å²) in [5.74, 6) is -9.25. The van der Waals surface area contributed by atoms with Crippen molar-refractivity contribution in [3.8, 4) is 11.5 Å². The second-order valence-corrected chi connectivity index (χ2v) is 8.47. The molecule has 1 saturated heterocycles. The number of hydrogen-bond acceptors (Lipinski definition) is 7. The van der Waals surface area contributed by atoms with Gasteiger partial charge in [0.25, 0.3) is 0 Å². The fraction of sp³-hybridized carbons (Fsp3) is 0.500. The van der Waals surface area contributed by atoms with Gasteiger partial charge in [0.1, 0.15) is 23.7 Å². The van der Waals surface area contributed by atoms with Crippen molar-refractivity contribution < 1.29 is 42.5 Å². The number of alkyl halides is 2. The quantitative estimate of drug-likeness (QED) is 0.379. The second-order valence-electron chi connectivity index (χ2n) is 7.31. The number of carbonyl (C=O) groups is 3. The molecule has 4 rings (SSSR count). The van der Waals surface area contributed by atoms with E-state index < -0.39 is 53.8 Å². The van der Waals surface area contributed by atoms with Crippen LogP contribution in [-0.2, 0) is 23.9 Å². The molecule has 2 saturated carbocycles. The molecule has 0 spiro atoms. The first kappa shape index (κ1) is 19.3. The number of aromatic hydroxyl groups is 1. The van der Waals surface area contributed by atoms with Crippen molar-refractivity contribution in [3.63, 3.8) is 0 Å². The average molecular weight is 508 g/mol. The highest BCUT2D eigenvalue weighted by Crippen LogP contribution is 2.59. The number of esters is 3. The van der Waals surface area contributed by atoms with Crippen LogP contribution in [0.2, 0.25) is 0 Å². The number of ether oxygens (including phenoxy) is 3. The first-order valence-corrected chi connectivity index (χ1v) is 9.65. The first-order valence-electron chi connectivity index (χ1n) is 8.57. The van der Waals surface area contributed by atoms with Gasteiger partial charge in [-0.1, -0.05) is 0 Å². The first-order chi connectivity index (χ1) is 13.1. The van der Waals surface area contributed by atoms with Crippen LogP contribution in [0.25, 0.3) is 0 Å². The van der Waals surface area contributed by atoms with Gasteiger partial charge in [-0.25, -0.2) is 4.79 Å². The van der Waals surface area contributed by atoms with Crippen LogP contribution in [0.3, 0.4) is 0 Å². The van der Waals surface area contributed by atoms with Gasteiger partial charge in [0.15, 0.2) is 0 Å². The van der Waals surface area contributed by atoms with Crippen LogP contribution in [0, 0.1) is 27.2 Å². The highest BCUT2D eigenvalue weighted by Gasteiger charge is 2.70. The van der Waals surface area contributed by atoms with Gasteiger partial charge in [0, 0.05) is 18.8 Å². The summed E-state index contributed by atoms with van der Waals surface area (Å²) in [6, 6.07) is 4.21. The summed E-state index contributed by atoms with van der Waals surface area (Å²) < 4.78 is 42.5. The van der Waals surface area contributed by atoms with Crippen molar-refractivity contribution in [3.05, 3.63) is 21.8 Å². The van der Waals surface area contributed by atoms with Crippen molar-refractivity contribution in [2.75, 3.05) is 0 Å². The van der Waals surface area contributed by atoms with E-state index in [4.69, 9.17) is 14.2 Å². The highest BCUT2D eigenvalue weighted by molar-refractivity contribution is 14.1. The molecule has 1 heterocycles. The Labute approximate surface area is 171 Å². The third-order valence-electron chi connectivity index (χ3n) is 5.56. The molecule has 3 aliphatic rings. The molecule has 6 unspecified atom stereocenters. The molecule has 2 bridgehead atoms. The van der Waals surface area contributed by atoms with Gasteiger partial charge in [0.05, 0.1) is 15.4 Å². The molecule has 1 aliphatic heterocycles. The predicted octanol–water partition coefficient (Wildman–Crippen LogP) is 2.28. The Morgan fingerprint density at radius 1 is 1.32 bits per heavy atom. The molecule has 6 atom stereocenters. The molecule has 7 nitrogen and oxygen atoms in total. The number of fused-ring (bicyclic) bond motifs is 1. The van der Waals surface area contributed by atoms with Crippen LogP contribution in [0.15, 0.2) is 18.2 Å². The van der Waals surface area contributed by atoms with Gasteiger partial charge in [-0.15, -0.1) is 0 Å². The second kappa shape index (κ2) is 6.53. The van der Waals surface area contributed by atoms with Crippen LogP contribution < -0.4 is 4.74 Å². The fourth-order valence-corrected chi connectivity index (χ4v) is 4.92. The molecule has 1 N–H and O–H groups in total. The molecule has 3 fully saturated rings. The zero-order valence-corrected chi connectivity index (χ0v) is 16.6. The maximum atomic E-state index is 13.2. The van der Waals surface area contributed by atoms with Gasteiger partial charge in [-0.2, -0.15) is 8.78 Å². The lowest BCUT2D eigenvalue weighted by molar-refractivity contribution is -0.185. The fourth-order valence-electron chi connectivity index (χ4n) is 4.43. The van der Waals surface area contributed by atoms with E-state index in [1.807, 2.05) is 22.6 Å². The van der Waals surface area contributed by atoms with Crippen LogP contribution in [0.4, 0.5) is 8.78 Å². The SMILES string of the molecule is CC(F)(F)C(=O)OC1C2CC3C1OC(=O)C3C2C(=O)Oc1ccc(O)c(I)c1. The number of hydrogen-bond donors (Lipinski definition) is 1. The van der Waals surface area contributed by atoms with Gasteiger partial charge in [-0.05, 0) is 47.2 Å².